The van der Waals surface area contributed by atoms with Crippen molar-refractivity contribution < 1.29 is 9.90 Å². The number of rotatable bonds is 4. The third-order valence-corrected chi connectivity index (χ3v) is 1.19. The van der Waals surface area contributed by atoms with Crippen molar-refractivity contribution in [2.24, 2.45) is 5.73 Å². The molecular weight excluding hydrogens is 139 g/mol. The van der Waals surface area contributed by atoms with Gasteiger partial charge in [-0.05, 0) is 0 Å². The molecule has 0 fully saturated rings. The summed E-state index contributed by atoms with van der Waals surface area (Å²) in [4.78, 5) is 10.2. The third-order valence-electron chi connectivity index (χ3n) is 0.746. The largest absolute Gasteiger partial charge is 0.395 e. The van der Waals surface area contributed by atoms with Gasteiger partial charge in [0.1, 0.15) is 0 Å². The maximum absolute atomic E-state index is 10.2. The van der Waals surface area contributed by atoms with E-state index in [0.717, 1.165) is 0 Å². The van der Waals surface area contributed by atoms with Gasteiger partial charge in [-0.3, -0.25) is 9.46 Å². The van der Waals surface area contributed by atoms with E-state index < -0.39 is 5.91 Å². The molecule has 0 saturated heterocycles. The zero-order valence-electron chi connectivity index (χ0n) is 5.08. The Labute approximate surface area is 56.3 Å². The Kier molecular flexibility index (Phi) is 4.58. The fraction of sp³-hybridized carbons (Fsp3) is 0.750. The fourth-order valence-corrected chi connectivity index (χ4v) is 0.703. The molecule has 9 heavy (non-hydrogen) atoms. The van der Waals surface area contributed by atoms with Crippen molar-refractivity contribution in [2.45, 2.75) is 0 Å². The van der Waals surface area contributed by atoms with Crippen molar-refractivity contribution in [1.29, 1.82) is 0 Å². The highest BCUT2D eigenvalue weighted by Gasteiger charge is 1.99. The van der Waals surface area contributed by atoms with Crippen LogP contribution in [0.15, 0.2) is 0 Å². The fourth-order valence-electron chi connectivity index (χ4n) is 0.408. The molecule has 0 aromatic rings. The smallest absolute Gasteiger partial charge is 0.231 e. The Morgan fingerprint density at radius 1 is 1.78 bits per heavy atom. The van der Waals surface area contributed by atoms with Crippen molar-refractivity contribution in [3.8, 4) is 0 Å². The number of carbonyl (C=O) groups is 1. The van der Waals surface area contributed by atoms with Crippen LogP contribution in [0.2, 0.25) is 0 Å². The van der Waals surface area contributed by atoms with E-state index in [0.29, 0.717) is 6.54 Å². The minimum atomic E-state index is -0.390. The monoisotopic (exact) mass is 150 g/mol. The third kappa shape index (κ3) is 5.69. The molecule has 3 N–H and O–H groups in total. The van der Waals surface area contributed by atoms with Crippen molar-refractivity contribution in [3.05, 3.63) is 0 Å². The SMILES string of the molecule is NC(=O)CN(P)CCO. The lowest BCUT2D eigenvalue weighted by atomic mass is 10.6. The maximum atomic E-state index is 10.2. The van der Waals surface area contributed by atoms with Crippen LogP contribution in [0, 0.1) is 0 Å². The maximum Gasteiger partial charge on any atom is 0.231 e. The Balaban J connectivity index is 3.26. The lowest BCUT2D eigenvalue weighted by Gasteiger charge is -2.10. The molecule has 4 nitrogen and oxygen atoms in total. The summed E-state index contributed by atoms with van der Waals surface area (Å²) in [6.45, 7) is 0.662. The van der Waals surface area contributed by atoms with Crippen LogP contribution in [0.4, 0.5) is 0 Å². The van der Waals surface area contributed by atoms with Gasteiger partial charge in [0.15, 0.2) is 0 Å². The first-order valence-corrected chi connectivity index (χ1v) is 3.07. The molecule has 0 saturated carbocycles. The standard InChI is InChI=1S/C4H11N2O2P/c5-4(8)3-6(9)1-2-7/h7H,1-3,9H2,(H2,5,8). The zero-order chi connectivity index (χ0) is 7.28. The number of aliphatic hydroxyl groups is 1. The van der Waals surface area contributed by atoms with E-state index in [1.807, 2.05) is 0 Å². The molecule has 0 aliphatic rings. The summed E-state index contributed by atoms with van der Waals surface area (Å²) in [5.74, 6) is -0.390. The summed E-state index contributed by atoms with van der Waals surface area (Å²) in [5.41, 5.74) is 4.85. The van der Waals surface area contributed by atoms with Crippen LogP contribution < -0.4 is 5.73 Å². The second kappa shape index (κ2) is 4.68. The first-order valence-electron chi connectivity index (χ1n) is 2.55. The molecule has 0 spiro atoms. The minimum absolute atomic E-state index is 0.0385. The van der Waals surface area contributed by atoms with Crippen molar-refractivity contribution in [1.82, 2.24) is 4.67 Å². The summed E-state index contributed by atoms with van der Waals surface area (Å²) in [6.07, 6.45) is 0. The molecular formula is C4H11N2O2P. The van der Waals surface area contributed by atoms with Crippen LogP contribution in [-0.2, 0) is 4.79 Å². The average Bonchev–Trinajstić information content (AvgIpc) is 1.63. The first-order chi connectivity index (χ1) is 4.16. The number of amides is 1. The highest BCUT2D eigenvalue weighted by Crippen LogP contribution is 1.93. The number of aliphatic hydroxyl groups excluding tert-OH is 1. The highest BCUT2D eigenvalue weighted by molar-refractivity contribution is 7.13. The Hall–Kier alpha value is -0.180. The predicted octanol–water partition coefficient (Wildman–Crippen LogP) is -1.44. The molecule has 0 aliphatic heterocycles. The molecule has 54 valence electrons. The van der Waals surface area contributed by atoms with Gasteiger partial charge < -0.3 is 10.8 Å². The molecule has 0 aromatic carbocycles. The van der Waals surface area contributed by atoms with Crippen LogP contribution in [0.3, 0.4) is 0 Å². The summed E-state index contributed by atoms with van der Waals surface area (Å²) in [5, 5.41) is 8.34. The molecule has 0 bridgehead atoms. The van der Waals surface area contributed by atoms with Crippen molar-refractivity contribution in [3.63, 3.8) is 0 Å². The molecule has 5 heteroatoms. The van der Waals surface area contributed by atoms with Gasteiger partial charge in [0, 0.05) is 6.54 Å². The van der Waals surface area contributed by atoms with Crippen LogP contribution in [0.5, 0.6) is 0 Å². The van der Waals surface area contributed by atoms with E-state index in [1.165, 1.54) is 0 Å². The molecule has 0 radical (unpaired) electrons. The number of nitrogens with two attached hydrogens (primary N) is 1. The second-order valence-corrected chi connectivity index (χ2v) is 2.39. The topological polar surface area (TPSA) is 66.6 Å². The van der Waals surface area contributed by atoms with E-state index in [9.17, 15) is 4.79 Å². The lowest BCUT2D eigenvalue weighted by Crippen LogP contribution is -2.28. The first kappa shape index (κ1) is 8.82. The Bertz CT molecular complexity index is 98.6. The van der Waals surface area contributed by atoms with Gasteiger partial charge in [-0.15, -0.1) is 0 Å². The van der Waals surface area contributed by atoms with Crippen molar-refractivity contribution >= 4 is 15.3 Å². The Morgan fingerprint density at radius 2 is 2.33 bits per heavy atom. The van der Waals surface area contributed by atoms with Gasteiger partial charge in [0.05, 0.1) is 13.2 Å². The summed E-state index contributed by atoms with van der Waals surface area (Å²) < 4.78 is 1.57. The molecule has 1 atom stereocenters. The molecule has 1 unspecified atom stereocenters. The molecule has 1 amide bonds. The molecule has 0 aliphatic carbocycles. The highest BCUT2D eigenvalue weighted by atomic mass is 31.0. The van der Waals surface area contributed by atoms with Gasteiger partial charge in [-0.2, -0.15) is 0 Å². The number of nitrogens with zero attached hydrogens (tertiary/aromatic N) is 1. The van der Waals surface area contributed by atoms with Gasteiger partial charge >= 0.3 is 0 Å². The van der Waals surface area contributed by atoms with E-state index >= 15 is 0 Å². The van der Waals surface area contributed by atoms with Crippen LogP contribution in [0.1, 0.15) is 0 Å². The van der Waals surface area contributed by atoms with Gasteiger partial charge in [-0.25, -0.2) is 0 Å². The predicted molar refractivity (Wildman–Crippen MR) is 37.6 cm³/mol. The lowest BCUT2D eigenvalue weighted by molar-refractivity contribution is -0.118. The van der Waals surface area contributed by atoms with E-state index in [-0.39, 0.29) is 13.2 Å². The molecule has 0 heterocycles. The molecule has 0 aromatic heterocycles. The quantitative estimate of drug-likeness (QED) is 0.482. The number of hydrogen-bond acceptors (Lipinski definition) is 3. The zero-order valence-corrected chi connectivity index (χ0v) is 6.23. The van der Waals surface area contributed by atoms with E-state index in [1.54, 1.807) is 4.67 Å². The Morgan fingerprint density at radius 3 is 2.67 bits per heavy atom. The van der Waals surface area contributed by atoms with E-state index in [2.05, 4.69) is 9.39 Å². The summed E-state index contributed by atoms with van der Waals surface area (Å²) in [6, 6.07) is 0. The van der Waals surface area contributed by atoms with E-state index in [4.69, 9.17) is 10.8 Å². The van der Waals surface area contributed by atoms with Crippen LogP contribution in [-0.4, -0.2) is 35.4 Å². The average molecular weight is 150 g/mol. The summed E-state index contributed by atoms with van der Waals surface area (Å²) in [7, 11) is 2.30. The summed E-state index contributed by atoms with van der Waals surface area (Å²) >= 11 is 0. The van der Waals surface area contributed by atoms with Crippen LogP contribution >= 0.6 is 9.39 Å². The van der Waals surface area contributed by atoms with Gasteiger partial charge in [-0.1, -0.05) is 9.39 Å². The number of carbonyl (C=O) groups excluding carboxylic acids is 1. The van der Waals surface area contributed by atoms with Crippen molar-refractivity contribution in [2.75, 3.05) is 19.7 Å². The minimum Gasteiger partial charge on any atom is -0.395 e. The number of primary amides is 1. The number of hydrogen-bond donors (Lipinski definition) is 2. The molecule has 0 rings (SSSR count). The second-order valence-electron chi connectivity index (χ2n) is 1.66. The normalized spacial score (nSPS) is 10.1. The van der Waals surface area contributed by atoms with Gasteiger partial charge in [0.25, 0.3) is 0 Å². The van der Waals surface area contributed by atoms with Gasteiger partial charge in [0.2, 0.25) is 5.91 Å². The van der Waals surface area contributed by atoms with Crippen LogP contribution in [0.25, 0.3) is 0 Å².